The molecule has 0 radical (unpaired) electrons. The van der Waals surface area contributed by atoms with Crippen molar-refractivity contribution < 1.29 is 9.13 Å². The molecular formula is C17H15FN2O. The van der Waals surface area contributed by atoms with Crippen molar-refractivity contribution in [2.45, 2.75) is 6.92 Å². The molecule has 0 aliphatic carbocycles. The van der Waals surface area contributed by atoms with E-state index < -0.39 is 0 Å². The van der Waals surface area contributed by atoms with Gasteiger partial charge in [-0.15, -0.1) is 0 Å². The van der Waals surface area contributed by atoms with Crippen LogP contribution in [0.4, 0.5) is 10.1 Å². The zero-order chi connectivity index (χ0) is 14.8. The Morgan fingerprint density at radius 3 is 2.52 bits per heavy atom. The van der Waals surface area contributed by atoms with Crippen LogP contribution in [0.3, 0.4) is 0 Å². The highest BCUT2D eigenvalue weighted by molar-refractivity contribution is 5.85. The standard InChI is InChI=1S/C17H15FN2O/c1-11-9-17(15-10-12(18)3-8-16(15)20-11)21-14-6-4-13(19-2)5-7-14/h3-10,19H,1-2H3. The second-order valence-corrected chi connectivity index (χ2v) is 4.80. The Hall–Kier alpha value is -2.62. The quantitative estimate of drug-likeness (QED) is 0.767. The molecule has 0 saturated heterocycles. The maximum atomic E-state index is 13.5. The molecule has 106 valence electrons. The average molecular weight is 282 g/mol. The van der Waals surface area contributed by atoms with Crippen molar-refractivity contribution in [1.82, 2.24) is 4.98 Å². The van der Waals surface area contributed by atoms with Crippen LogP contribution < -0.4 is 10.1 Å². The molecule has 0 spiro atoms. The van der Waals surface area contributed by atoms with Gasteiger partial charge in [-0.05, 0) is 49.4 Å². The van der Waals surface area contributed by atoms with Gasteiger partial charge in [-0.1, -0.05) is 0 Å². The van der Waals surface area contributed by atoms with E-state index in [-0.39, 0.29) is 5.82 Å². The summed E-state index contributed by atoms with van der Waals surface area (Å²) in [5.41, 5.74) is 2.55. The van der Waals surface area contributed by atoms with Gasteiger partial charge in [0.25, 0.3) is 0 Å². The fraction of sp³-hybridized carbons (Fsp3) is 0.118. The molecule has 0 aliphatic heterocycles. The molecule has 0 amide bonds. The van der Waals surface area contributed by atoms with Gasteiger partial charge in [0.05, 0.1) is 5.52 Å². The molecule has 1 heterocycles. The summed E-state index contributed by atoms with van der Waals surface area (Å²) in [7, 11) is 1.86. The predicted molar refractivity (Wildman–Crippen MR) is 82.5 cm³/mol. The van der Waals surface area contributed by atoms with E-state index in [1.807, 2.05) is 44.3 Å². The van der Waals surface area contributed by atoms with E-state index in [1.165, 1.54) is 12.1 Å². The Morgan fingerprint density at radius 2 is 1.81 bits per heavy atom. The van der Waals surface area contributed by atoms with Crippen LogP contribution in [0.1, 0.15) is 5.69 Å². The Kier molecular flexibility index (Phi) is 3.44. The number of aromatic nitrogens is 1. The third-order valence-electron chi connectivity index (χ3n) is 3.23. The summed E-state index contributed by atoms with van der Waals surface area (Å²) in [6.45, 7) is 1.89. The number of fused-ring (bicyclic) bond motifs is 1. The molecule has 0 fully saturated rings. The number of anilines is 1. The van der Waals surface area contributed by atoms with Crippen molar-refractivity contribution >= 4 is 16.6 Å². The molecule has 0 unspecified atom stereocenters. The molecule has 1 aromatic heterocycles. The topological polar surface area (TPSA) is 34.1 Å². The van der Waals surface area contributed by atoms with Gasteiger partial charge in [0.1, 0.15) is 17.3 Å². The molecule has 2 aromatic carbocycles. The molecule has 3 rings (SSSR count). The molecule has 0 atom stereocenters. The fourth-order valence-electron chi connectivity index (χ4n) is 2.19. The molecule has 1 N–H and O–H groups in total. The van der Waals surface area contributed by atoms with Gasteiger partial charge in [0, 0.05) is 29.9 Å². The van der Waals surface area contributed by atoms with Crippen LogP contribution >= 0.6 is 0 Å². The van der Waals surface area contributed by atoms with E-state index in [1.54, 1.807) is 6.07 Å². The number of hydrogen-bond donors (Lipinski definition) is 1. The van der Waals surface area contributed by atoms with Crippen LogP contribution in [0.5, 0.6) is 11.5 Å². The molecule has 0 saturated carbocycles. The van der Waals surface area contributed by atoms with Crippen LogP contribution in [0.25, 0.3) is 10.9 Å². The van der Waals surface area contributed by atoms with Crippen molar-refractivity contribution in [2.24, 2.45) is 0 Å². The number of ether oxygens (including phenoxy) is 1. The van der Waals surface area contributed by atoms with Gasteiger partial charge < -0.3 is 10.1 Å². The Balaban J connectivity index is 2.04. The number of benzene rings is 2. The average Bonchev–Trinajstić information content (AvgIpc) is 2.49. The number of nitrogens with zero attached hydrogens (tertiary/aromatic N) is 1. The first-order valence-electron chi connectivity index (χ1n) is 6.68. The highest BCUT2D eigenvalue weighted by atomic mass is 19.1. The van der Waals surface area contributed by atoms with E-state index in [9.17, 15) is 4.39 Å². The second kappa shape index (κ2) is 5.40. The Bertz CT molecular complexity index is 785. The van der Waals surface area contributed by atoms with Gasteiger partial charge in [-0.3, -0.25) is 4.98 Å². The lowest BCUT2D eigenvalue weighted by atomic mass is 10.2. The molecule has 0 bridgehead atoms. The maximum absolute atomic E-state index is 13.5. The minimum absolute atomic E-state index is 0.302. The lowest BCUT2D eigenvalue weighted by Gasteiger charge is -2.10. The molecule has 21 heavy (non-hydrogen) atoms. The van der Waals surface area contributed by atoms with Gasteiger partial charge >= 0.3 is 0 Å². The van der Waals surface area contributed by atoms with Gasteiger partial charge in [-0.2, -0.15) is 0 Å². The van der Waals surface area contributed by atoms with Gasteiger partial charge in [-0.25, -0.2) is 4.39 Å². The van der Waals surface area contributed by atoms with Gasteiger partial charge in [0.2, 0.25) is 0 Å². The van der Waals surface area contributed by atoms with E-state index >= 15 is 0 Å². The van der Waals surface area contributed by atoms with E-state index in [2.05, 4.69) is 10.3 Å². The van der Waals surface area contributed by atoms with Crippen molar-refractivity contribution in [3.8, 4) is 11.5 Å². The fourth-order valence-corrected chi connectivity index (χ4v) is 2.19. The summed E-state index contributed by atoms with van der Waals surface area (Å²) in [6, 6.07) is 13.9. The lowest BCUT2D eigenvalue weighted by Crippen LogP contribution is -1.92. The lowest BCUT2D eigenvalue weighted by molar-refractivity contribution is 0.487. The Labute approximate surface area is 122 Å². The van der Waals surface area contributed by atoms with Crippen LogP contribution in [0, 0.1) is 12.7 Å². The largest absolute Gasteiger partial charge is 0.457 e. The number of rotatable bonds is 3. The van der Waals surface area contributed by atoms with Crippen LogP contribution in [0.15, 0.2) is 48.5 Å². The van der Waals surface area contributed by atoms with Crippen molar-refractivity contribution in [1.29, 1.82) is 0 Å². The van der Waals surface area contributed by atoms with E-state index in [0.717, 1.165) is 16.9 Å². The molecule has 3 nitrogen and oxygen atoms in total. The van der Waals surface area contributed by atoms with Gasteiger partial charge in [0.15, 0.2) is 0 Å². The van der Waals surface area contributed by atoms with Crippen LogP contribution in [-0.4, -0.2) is 12.0 Å². The van der Waals surface area contributed by atoms with Crippen LogP contribution in [0.2, 0.25) is 0 Å². The summed E-state index contributed by atoms with van der Waals surface area (Å²) in [5.74, 6) is 1.00. The number of hydrogen-bond acceptors (Lipinski definition) is 3. The SMILES string of the molecule is CNc1ccc(Oc2cc(C)nc3ccc(F)cc23)cc1. The highest BCUT2D eigenvalue weighted by Gasteiger charge is 2.08. The summed E-state index contributed by atoms with van der Waals surface area (Å²) >= 11 is 0. The predicted octanol–water partition coefficient (Wildman–Crippen LogP) is 4.52. The number of aryl methyl sites for hydroxylation is 1. The first-order valence-corrected chi connectivity index (χ1v) is 6.68. The summed E-state index contributed by atoms with van der Waals surface area (Å²) in [4.78, 5) is 4.39. The third-order valence-corrected chi connectivity index (χ3v) is 3.23. The number of halogens is 1. The normalized spacial score (nSPS) is 10.6. The Morgan fingerprint density at radius 1 is 1.05 bits per heavy atom. The zero-order valence-corrected chi connectivity index (χ0v) is 11.9. The summed E-state index contributed by atoms with van der Waals surface area (Å²) in [5, 5.41) is 3.71. The maximum Gasteiger partial charge on any atom is 0.138 e. The minimum Gasteiger partial charge on any atom is -0.457 e. The second-order valence-electron chi connectivity index (χ2n) is 4.80. The van der Waals surface area contributed by atoms with Crippen molar-refractivity contribution in [3.63, 3.8) is 0 Å². The van der Waals surface area contributed by atoms with Crippen LogP contribution in [-0.2, 0) is 0 Å². The highest BCUT2D eigenvalue weighted by Crippen LogP contribution is 2.30. The molecule has 4 heteroatoms. The molecular weight excluding hydrogens is 267 g/mol. The van der Waals surface area contributed by atoms with Crippen molar-refractivity contribution in [2.75, 3.05) is 12.4 Å². The third kappa shape index (κ3) is 2.79. The molecule has 0 aliphatic rings. The monoisotopic (exact) mass is 282 g/mol. The number of pyridine rings is 1. The van der Waals surface area contributed by atoms with Crippen molar-refractivity contribution in [3.05, 3.63) is 60.0 Å². The minimum atomic E-state index is -0.302. The summed E-state index contributed by atoms with van der Waals surface area (Å²) in [6.07, 6.45) is 0. The number of nitrogens with one attached hydrogen (secondary N) is 1. The summed E-state index contributed by atoms with van der Waals surface area (Å²) < 4.78 is 19.4. The van der Waals surface area contributed by atoms with E-state index in [4.69, 9.17) is 4.74 Å². The first-order chi connectivity index (χ1) is 10.2. The van der Waals surface area contributed by atoms with E-state index in [0.29, 0.717) is 16.9 Å². The molecule has 3 aromatic rings. The zero-order valence-electron chi connectivity index (χ0n) is 11.9. The smallest absolute Gasteiger partial charge is 0.138 e. The first kappa shape index (κ1) is 13.4.